The summed E-state index contributed by atoms with van der Waals surface area (Å²) in [6.45, 7) is 0. The number of aromatic nitrogens is 3. The van der Waals surface area contributed by atoms with Crippen LogP contribution < -0.4 is 5.32 Å². The van der Waals surface area contributed by atoms with Crippen LogP contribution in [-0.4, -0.2) is 25.8 Å². The lowest BCUT2D eigenvalue weighted by Crippen LogP contribution is -1.97. The zero-order valence-electron chi connectivity index (χ0n) is 9.25. The third kappa shape index (κ3) is 3.28. The van der Waals surface area contributed by atoms with Crippen molar-refractivity contribution in [1.82, 2.24) is 14.8 Å². The number of nitrogens with zero attached hydrogens (tertiary/aromatic N) is 3. The first-order valence-electron chi connectivity index (χ1n) is 5.05. The largest absolute Gasteiger partial charge is 0.481 e. The normalized spacial score (nSPS) is 10.4. The summed E-state index contributed by atoms with van der Waals surface area (Å²) in [7, 11) is 1.84. The molecule has 0 aliphatic rings. The van der Waals surface area contributed by atoms with Gasteiger partial charge in [0.2, 0.25) is 0 Å². The van der Waals surface area contributed by atoms with Crippen LogP contribution in [0, 0.1) is 0 Å². The number of aliphatic carboxylic acids is 1. The van der Waals surface area contributed by atoms with Crippen molar-refractivity contribution >= 4 is 28.1 Å². The Morgan fingerprint density at radius 3 is 3.12 bits per heavy atom. The second-order valence-corrected chi connectivity index (χ2v) is 4.42. The minimum absolute atomic E-state index is 0.107. The van der Waals surface area contributed by atoms with Crippen molar-refractivity contribution in [3.05, 3.63) is 23.5 Å². The molecule has 2 N–H and O–H groups in total. The van der Waals surface area contributed by atoms with E-state index in [2.05, 4.69) is 15.4 Å². The van der Waals surface area contributed by atoms with Gasteiger partial charge in [0.15, 0.2) is 5.13 Å². The Kier molecular flexibility index (Phi) is 3.38. The van der Waals surface area contributed by atoms with E-state index < -0.39 is 5.97 Å². The standard InChI is InChI=1S/C10H12N4O2S/c1-14-5-8(4-11-14)13-10-12-7(6-17-10)2-3-9(15)16/h4-6H,2-3H2,1H3,(H,12,13)(H,15,16). The Bertz CT molecular complexity index is 520. The molecule has 0 fully saturated rings. The van der Waals surface area contributed by atoms with Gasteiger partial charge in [-0.15, -0.1) is 11.3 Å². The molecule has 2 rings (SSSR count). The average molecular weight is 252 g/mol. The van der Waals surface area contributed by atoms with Crippen molar-refractivity contribution in [2.75, 3.05) is 5.32 Å². The Morgan fingerprint density at radius 2 is 2.47 bits per heavy atom. The van der Waals surface area contributed by atoms with Gasteiger partial charge in [-0.05, 0) is 0 Å². The van der Waals surface area contributed by atoms with Crippen LogP contribution in [0.25, 0.3) is 0 Å². The average Bonchev–Trinajstić information content (AvgIpc) is 2.86. The number of carbonyl (C=O) groups is 1. The molecule has 0 amide bonds. The van der Waals surface area contributed by atoms with Gasteiger partial charge >= 0.3 is 5.97 Å². The van der Waals surface area contributed by atoms with Gasteiger partial charge in [-0.1, -0.05) is 0 Å². The molecule has 0 radical (unpaired) electrons. The fourth-order valence-corrected chi connectivity index (χ4v) is 2.09. The monoisotopic (exact) mass is 252 g/mol. The molecule has 0 spiro atoms. The molecular weight excluding hydrogens is 240 g/mol. The van der Waals surface area contributed by atoms with Crippen molar-refractivity contribution in [2.45, 2.75) is 12.8 Å². The molecule has 7 heteroatoms. The molecule has 0 aromatic carbocycles. The van der Waals surface area contributed by atoms with Gasteiger partial charge in [0.05, 0.1) is 24.0 Å². The molecule has 0 atom stereocenters. The van der Waals surface area contributed by atoms with Crippen molar-refractivity contribution in [3.8, 4) is 0 Å². The van der Waals surface area contributed by atoms with Crippen LogP contribution in [0.5, 0.6) is 0 Å². The summed E-state index contributed by atoms with van der Waals surface area (Å²) in [6, 6.07) is 0. The Balaban J connectivity index is 1.96. The van der Waals surface area contributed by atoms with Gasteiger partial charge in [0, 0.05) is 25.0 Å². The summed E-state index contributed by atoms with van der Waals surface area (Å²) in [6.07, 6.45) is 4.12. The smallest absolute Gasteiger partial charge is 0.303 e. The van der Waals surface area contributed by atoms with E-state index in [1.54, 1.807) is 10.9 Å². The minimum atomic E-state index is -0.806. The third-order valence-electron chi connectivity index (χ3n) is 2.10. The van der Waals surface area contributed by atoms with Crippen LogP contribution in [0.1, 0.15) is 12.1 Å². The van der Waals surface area contributed by atoms with Crippen LogP contribution in [0.4, 0.5) is 10.8 Å². The summed E-state index contributed by atoms with van der Waals surface area (Å²) in [5.74, 6) is -0.806. The Hall–Kier alpha value is -1.89. The Morgan fingerprint density at radius 1 is 1.65 bits per heavy atom. The number of rotatable bonds is 5. The van der Waals surface area contributed by atoms with Crippen molar-refractivity contribution in [3.63, 3.8) is 0 Å². The highest BCUT2D eigenvalue weighted by molar-refractivity contribution is 7.13. The molecule has 17 heavy (non-hydrogen) atoms. The number of aryl methyl sites for hydroxylation is 2. The van der Waals surface area contributed by atoms with E-state index in [9.17, 15) is 4.79 Å². The van der Waals surface area contributed by atoms with E-state index in [1.165, 1.54) is 11.3 Å². The summed E-state index contributed by atoms with van der Waals surface area (Å²) in [5.41, 5.74) is 1.66. The molecule has 0 aliphatic heterocycles. The number of nitrogens with one attached hydrogen (secondary N) is 1. The molecule has 2 heterocycles. The van der Waals surface area contributed by atoms with Crippen LogP contribution in [-0.2, 0) is 18.3 Å². The SMILES string of the molecule is Cn1cc(Nc2nc(CCC(=O)O)cs2)cn1. The van der Waals surface area contributed by atoms with Gasteiger partial charge in [-0.2, -0.15) is 5.10 Å². The first kappa shape index (κ1) is 11.6. The predicted molar refractivity (Wildman–Crippen MR) is 64.6 cm³/mol. The van der Waals surface area contributed by atoms with Gasteiger partial charge < -0.3 is 10.4 Å². The summed E-state index contributed by atoms with van der Waals surface area (Å²) >= 11 is 1.45. The molecule has 0 saturated heterocycles. The second kappa shape index (κ2) is 4.96. The molecular formula is C10H12N4O2S. The highest BCUT2D eigenvalue weighted by Gasteiger charge is 2.05. The highest BCUT2D eigenvalue weighted by atomic mass is 32.1. The Labute approximate surface area is 102 Å². The third-order valence-corrected chi connectivity index (χ3v) is 2.91. The summed E-state index contributed by atoms with van der Waals surface area (Å²) in [4.78, 5) is 14.7. The van der Waals surface area contributed by atoms with E-state index in [4.69, 9.17) is 5.11 Å². The maximum absolute atomic E-state index is 10.4. The van der Waals surface area contributed by atoms with Gasteiger partial charge in [0.25, 0.3) is 0 Å². The van der Waals surface area contributed by atoms with E-state index in [0.717, 1.165) is 16.5 Å². The first-order valence-corrected chi connectivity index (χ1v) is 5.93. The molecule has 6 nitrogen and oxygen atoms in total. The van der Waals surface area contributed by atoms with E-state index in [0.29, 0.717) is 6.42 Å². The van der Waals surface area contributed by atoms with Crippen molar-refractivity contribution < 1.29 is 9.90 Å². The van der Waals surface area contributed by atoms with Crippen LogP contribution in [0.2, 0.25) is 0 Å². The maximum Gasteiger partial charge on any atom is 0.303 e. The first-order chi connectivity index (χ1) is 8.13. The number of anilines is 2. The number of carboxylic acid groups (broad SMARTS) is 1. The van der Waals surface area contributed by atoms with Crippen LogP contribution >= 0.6 is 11.3 Å². The van der Waals surface area contributed by atoms with Gasteiger partial charge in [0.1, 0.15) is 0 Å². The maximum atomic E-state index is 10.4. The van der Waals surface area contributed by atoms with Crippen LogP contribution in [0.3, 0.4) is 0 Å². The fraction of sp³-hybridized carbons (Fsp3) is 0.300. The highest BCUT2D eigenvalue weighted by Crippen LogP contribution is 2.20. The number of hydrogen-bond acceptors (Lipinski definition) is 5. The number of carboxylic acids is 1. The van der Waals surface area contributed by atoms with Gasteiger partial charge in [-0.25, -0.2) is 4.98 Å². The minimum Gasteiger partial charge on any atom is -0.481 e. The molecule has 2 aromatic heterocycles. The molecule has 2 aromatic rings. The van der Waals surface area contributed by atoms with E-state index >= 15 is 0 Å². The van der Waals surface area contributed by atoms with E-state index in [-0.39, 0.29) is 6.42 Å². The van der Waals surface area contributed by atoms with Crippen LogP contribution in [0.15, 0.2) is 17.8 Å². The molecule has 0 aliphatic carbocycles. The lowest BCUT2D eigenvalue weighted by molar-refractivity contribution is -0.136. The number of hydrogen-bond donors (Lipinski definition) is 2. The zero-order chi connectivity index (χ0) is 12.3. The summed E-state index contributed by atoms with van der Waals surface area (Å²) < 4.78 is 1.70. The molecule has 0 bridgehead atoms. The quantitative estimate of drug-likeness (QED) is 0.845. The predicted octanol–water partition coefficient (Wildman–Crippen LogP) is 1.64. The van der Waals surface area contributed by atoms with Gasteiger partial charge in [-0.3, -0.25) is 9.48 Å². The lowest BCUT2D eigenvalue weighted by atomic mass is 10.2. The summed E-state index contributed by atoms with van der Waals surface area (Å²) in [5, 5.41) is 18.3. The second-order valence-electron chi connectivity index (χ2n) is 3.57. The van der Waals surface area contributed by atoms with E-state index in [1.807, 2.05) is 18.6 Å². The lowest BCUT2D eigenvalue weighted by Gasteiger charge is -1.96. The topological polar surface area (TPSA) is 80.0 Å². The molecule has 0 unspecified atom stereocenters. The zero-order valence-corrected chi connectivity index (χ0v) is 10.1. The number of thiazole rings is 1. The molecule has 90 valence electrons. The van der Waals surface area contributed by atoms with Crippen molar-refractivity contribution in [1.29, 1.82) is 0 Å². The molecule has 0 saturated carbocycles. The van der Waals surface area contributed by atoms with Crippen molar-refractivity contribution in [2.24, 2.45) is 7.05 Å². The fourth-order valence-electron chi connectivity index (χ4n) is 1.32.